The van der Waals surface area contributed by atoms with E-state index in [0.29, 0.717) is 21.4 Å². The molecule has 0 saturated heterocycles. The number of anilines is 1. The number of aromatic nitrogens is 2. The highest BCUT2D eigenvalue weighted by Gasteiger charge is 2.18. The zero-order valence-electron chi connectivity index (χ0n) is 14.0. The van der Waals surface area contributed by atoms with E-state index in [4.69, 9.17) is 32.5 Å². The first-order valence-electron chi connectivity index (χ1n) is 7.75. The molecule has 6 nitrogen and oxygen atoms in total. The quantitative estimate of drug-likeness (QED) is 0.678. The number of carbonyl (C=O) groups excluding carboxylic acids is 1. The second kappa shape index (κ2) is 7.76. The largest absolute Gasteiger partial charge is 0.481 e. The Balaban J connectivity index is 1.65. The Morgan fingerprint density at radius 2 is 2.04 bits per heavy atom. The number of nitrogens with zero attached hydrogens (tertiary/aromatic N) is 2. The lowest BCUT2D eigenvalue weighted by atomic mass is 10.2. The molecule has 0 aliphatic rings. The van der Waals surface area contributed by atoms with Crippen LogP contribution < -0.4 is 10.1 Å². The van der Waals surface area contributed by atoms with Crippen molar-refractivity contribution in [3.05, 3.63) is 58.1 Å². The maximum absolute atomic E-state index is 12.3. The molecule has 1 N–H and O–H groups in total. The Kier molecular flexibility index (Phi) is 5.44. The van der Waals surface area contributed by atoms with Gasteiger partial charge in [-0.3, -0.25) is 10.1 Å². The van der Waals surface area contributed by atoms with Gasteiger partial charge >= 0.3 is 0 Å². The second-order valence-corrected chi connectivity index (χ2v) is 6.44. The van der Waals surface area contributed by atoms with E-state index in [1.807, 2.05) is 6.92 Å². The molecule has 1 amide bonds. The summed E-state index contributed by atoms with van der Waals surface area (Å²) in [6.45, 7) is 3.48. The van der Waals surface area contributed by atoms with Crippen LogP contribution in [-0.4, -0.2) is 22.2 Å². The predicted octanol–water partition coefficient (Wildman–Crippen LogP) is 4.76. The van der Waals surface area contributed by atoms with Crippen LogP contribution in [-0.2, 0) is 4.79 Å². The van der Waals surface area contributed by atoms with Crippen molar-refractivity contribution in [3.63, 3.8) is 0 Å². The summed E-state index contributed by atoms with van der Waals surface area (Å²) in [5.41, 5.74) is 1.52. The van der Waals surface area contributed by atoms with Crippen LogP contribution >= 0.6 is 23.2 Å². The molecule has 3 rings (SSSR count). The minimum atomic E-state index is -0.760. The predicted molar refractivity (Wildman–Crippen MR) is 99.7 cm³/mol. The molecule has 0 aliphatic heterocycles. The van der Waals surface area contributed by atoms with Crippen molar-refractivity contribution < 1.29 is 14.1 Å². The standard InChI is InChI=1S/C18H15Cl2N3O3/c1-10-8-14(6-7-15(10)20)25-11(2)16(24)21-18-22-17(26-23-18)12-4-3-5-13(19)9-12/h3-9,11H,1-2H3,(H,21,23,24)/t11-/m0/s1. The maximum atomic E-state index is 12.3. The van der Waals surface area contributed by atoms with Crippen molar-refractivity contribution in [2.45, 2.75) is 20.0 Å². The minimum absolute atomic E-state index is 0.0488. The number of halogens is 2. The fourth-order valence-electron chi connectivity index (χ4n) is 2.17. The third-order valence-electron chi connectivity index (χ3n) is 3.54. The Hall–Kier alpha value is -2.57. The van der Waals surface area contributed by atoms with E-state index in [2.05, 4.69) is 15.5 Å². The third-order valence-corrected chi connectivity index (χ3v) is 4.20. The van der Waals surface area contributed by atoms with Gasteiger partial charge in [-0.2, -0.15) is 4.98 Å². The van der Waals surface area contributed by atoms with Crippen molar-refractivity contribution in [2.75, 3.05) is 5.32 Å². The Morgan fingerprint density at radius 3 is 2.77 bits per heavy atom. The molecule has 26 heavy (non-hydrogen) atoms. The number of benzene rings is 2. The zero-order valence-corrected chi connectivity index (χ0v) is 15.5. The molecule has 0 spiro atoms. The zero-order chi connectivity index (χ0) is 18.7. The molecule has 1 aromatic heterocycles. The topological polar surface area (TPSA) is 77.2 Å². The molecule has 8 heteroatoms. The number of aryl methyl sites for hydroxylation is 1. The van der Waals surface area contributed by atoms with E-state index in [-0.39, 0.29) is 11.8 Å². The van der Waals surface area contributed by atoms with Gasteiger partial charge in [-0.25, -0.2) is 0 Å². The van der Waals surface area contributed by atoms with E-state index in [9.17, 15) is 4.79 Å². The van der Waals surface area contributed by atoms with E-state index < -0.39 is 12.0 Å². The van der Waals surface area contributed by atoms with Crippen LogP contribution in [0.15, 0.2) is 47.0 Å². The molecule has 134 valence electrons. The van der Waals surface area contributed by atoms with Crippen LogP contribution in [0.2, 0.25) is 10.0 Å². The summed E-state index contributed by atoms with van der Waals surface area (Å²) in [5, 5.41) is 7.48. The highest BCUT2D eigenvalue weighted by molar-refractivity contribution is 6.31. The highest BCUT2D eigenvalue weighted by Crippen LogP contribution is 2.23. The summed E-state index contributed by atoms with van der Waals surface area (Å²) in [7, 11) is 0. The average Bonchev–Trinajstić information content (AvgIpc) is 3.06. The van der Waals surface area contributed by atoms with Gasteiger partial charge in [0.2, 0.25) is 0 Å². The Labute approximate surface area is 160 Å². The van der Waals surface area contributed by atoms with Gasteiger partial charge in [-0.1, -0.05) is 29.3 Å². The molecule has 1 atom stereocenters. The molecular weight excluding hydrogens is 377 g/mol. The van der Waals surface area contributed by atoms with Gasteiger partial charge in [0.25, 0.3) is 17.7 Å². The van der Waals surface area contributed by atoms with Gasteiger partial charge in [0.1, 0.15) is 5.75 Å². The molecule has 1 heterocycles. The summed E-state index contributed by atoms with van der Waals surface area (Å²) in [4.78, 5) is 16.4. The molecule has 0 radical (unpaired) electrons. The molecule has 3 aromatic rings. The van der Waals surface area contributed by atoms with E-state index in [0.717, 1.165) is 5.56 Å². The van der Waals surface area contributed by atoms with Crippen molar-refractivity contribution in [3.8, 4) is 17.2 Å². The summed E-state index contributed by atoms with van der Waals surface area (Å²) < 4.78 is 10.8. The van der Waals surface area contributed by atoms with E-state index in [1.165, 1.54) is 0 Å². The van der Waals surface area contributed by atoms with Crippen molar-refractivity contribution in [1.29, 1.82) is 0 Å². The fourth-order valence-corrected chi connectivity index (χ4v) is 2.48. The van der Waals surface area contributed by atoms with Crippen molar-refractivity contribution in [1.82, 2.24) is 10.1 Å². The SMILES string of the molecule is Cc1cc(O[C@@H](C)C(=O)Nc2noc(-c3cccc(Cl)c3)n2)ccc1Cl. The second-order valence-electron chi connectivity index (χ2n) is 5.59. The lowest BCUT2D eigenvalue weighted by molar-refractivity contribution is -0.122. The number of ether oxygens (including phenoxy) is 1. The molecule has 0 saturated carbocycles. The lowest BCUT2D eigenvalue weighted by Crippen LogP contribution is -2.30. The highest BCUT2D eigenvalue weighted by atomic mass is 35.5. The molecule has 0 bridgehead atoms. The average molecular weight is 392 g/mol. The van der Waals surface area contributed by atoms with Gasteiger partial charge in [0.15, 0.2) is 6.10 Å². The Bertz CT molecular complexity index is 943. The first-order chi connectivity index (χ1) is 12.4. The van der Waals surface area contributed by atoms with Gasteiger partial charge in [0, 0.05) is 15.6 Å². The number of rotatable bonds is 5. The summed E-state index contributed by atoms with van der Waals surface area (Å²) in [6, 6.07) is 12.1. The lowest BCUT2D eigenvalue weighted by Gasteiger charge is -2.14. The van der Waals surface area contributed by atoms with Crippen LogP contribution in [0.25, 0.3) is 11.5 Å². The molecule has 0 aliphatic carbocycles. The fraction of sp³-hybridized carbons (Fsp3) is 0.167. The molecule has 0 fully saturated rings. The van der Waals surface area contributed by atoms with Gasteiger partial charge in [-0.05, 0) is 61.0 Å². The number of amides is 1. The maximum Gasteiger partial charge on any atom is 0.270 e. The third kappa shape index (κ3) is 4.33. The van der Waals surface area contributed by atoms with Gasteiger partial charge in [-0.15, -0.1) is 0 Å². The minimum Gasteiger partial charge on any atom is -0.481 e. The van der Waals surface area contributed by atoms with Gasteiger partial charge in [0.05, 0.1) is 0 Å². The van der Waals surface area contributed by atoms with Crippen LogP contribution in [0.3, 0.4) is 0 Å². The first-order valence-corrected chi connectivity index (χ1v) is 8.51. The number of carbonyl (C=O) groups is 1. The summed E-state index contributed by atoms with van der Waals surface area (Å²) in [5.74, 6) is 0.440. The van der Waals surface area contributed by atoms with Crippen molar-refractivity contribution in [2.24, 2.45) is 0 Å². The van der Waals surface area contributed by atoms with Crippen molar-refractivity contribution >= 4 is 35.1 Å². The number of hydrogen-bond donors (Lipinski definition) is 1. The van der Waals surface area contributed by atoms with Crippen LogP contribution in [0.1, 0.15) is 12.5 Å². The van der Waals surface area contributed by atoms with E-state index >= 15 is 0 Å². The van der Waals surface area contributed by atoms with Crippen LogP contribution in [0, 0.1) is 6.92 Å². The smallest absolute Gasteiger partial charge is 0.270 e. The van der Waals surface area contributed by atoms with Crippen LogP contribution in [0.5, 0.6) is 5.75 Å². The van der Waals surface area contributed by atoms with E-state index in [1.54, 1.807) is 49.4 Å². The Morgan fingerprint density at radius 1 is 1.23 bits per heavy atom. The molecular formula is C18H15Cl2N3O3. The molecule has 0 unspecified atom stereocenters. The van der Waals surface area contributed by atoms with Crippen LogP contribution in [0.4, 0.5) is 5.95 Å². The number of nitrogens with one attached hydrogen (secondary N) is 1. The normalized spacial score (nSPS) is 11.8. The van der Waals surface area contributed by atoms with Gasteiger partial charge < -0.3 is 9.26 Å². The summed E-state index contributed by atoms with van der Waals surface area (Å²) in [6.07, 6.45) is -0.760. The first kappa shape index (κ1) is 18.2. The number of hydrogen-bond acceptors (Lipinski definition) is 5. The summed E-state index contributed by atoms with van der Waals surface area (Å²) >= 11 is 11.9. The molecule has 2 aromatic carbocycles. The monoisotopic (exact) mass is 391 g/mol.